The summed E-state index contributed by atoms with van der Waals surface area (Å²) in [4.78, 5) is 14.2. The first-order valence-corrected chi connectivity index (χ1v) is 7.40. The second-order valence-corrected chi connectivity index (χ2v) is 5.52. The summed E-state index contributed by atoms with van der Waals surface area (Å²) in [6.07, 6.45) is 1.35. The van der Waals surface area contributed by atoms with Crippen LogP contribution in [0.1, 0.15) is 33.6 Å². The van der Waals surface area contributed by atoms with Crippen molar-refractivity contribution in [1.82, 2.24) is 4.90 Å². The van der Waals surface area contributed by atoms with Gasteiger partial charge >= 0.3 is 0 Å². The van der Waals surface area contributed by atoms with Crippen LogP contribution >= 0.6 is 11.6 Å². The summed E-state index contributed by atoms with van der Waals surface area (Å²) in [5.74, 6) is 0.00605. The topological polar surface area (TPSA) is 58.4 Å². The lowest BCUT2D eigenvalue weighted by Gasteiger charge is -2.24. The number of benzene rings is 1. The van der Waals surface area contributed by atoms with E-state index in [0.29, 0.717) is 28.9 Å². The maximum atomic E-state index is 11.8. The van der Waals surface area contributed by atoms with Crippen molar-refractivity contribution in [3.63, 3.8) is 0 Å². The van der Waals surface area contributed by atoms with Crippen molar-refractivity contribution in [1.29, 1.82) is 0 Å². The predicted molar refractivity (Wildman–Crippen MR) is 86.1 cm³/mol. The number of carbonyl (C=O) groups is 1. The van der Waals surface area contributed by atoms with E-state index in [9.17, 15) is 4.79 Å². The maximum absolute atomic E-state index is 11.8. The van der Waals surface area contributed by atoms with Gasteiger partial charge in [0.05, 0.1) is 10.7 Å². The zero-order chi connectivity index (χ0) is 15.1. The fraction of sp³-hybridized carbons (Fsp3) is 0.533. The van der Waals surface area contributed by atoms with Crippen molar-refractivity contribution >= 4 is 28.9 Å². The van der Waals surface area contributed by atoms with Gasteiger partial charge in [-0.3, -0.25) is 4.79 Å². The number of amides is 1. The zero-order valence-corrected chi connectivity index (χ0v) is 13.2. The smallest absolute Gasteiger partial charge is 0.224 e. The van der Waals surface area contributed by atoms with Crippen molar-refractivity contribution in [3.8, 4) is 0 Å². The molecule has 0 saturated carbocycles. The minimum atomic E-state index is 0.00605. The van der Waals surface area contributed by atoms with Gasteiger partial charge in [0.15, 0.2) is 0 Å². The monoisotopic (exact) mass is 297 g/mol. The summed E-state index contributed by atoms with van der Waals surface area (Å²) in [7, 11) is 0. The van der Waals surface area contributed by atoms with Gasteiger partial charge in [0.1, 0.15) is 0 Å². The molecular weight excluding hydrogens is 274 g/mol. The lowest BCUT2D eigenvalue weighted by Crippen LogP contribution is -2.32. The molecule has 1 amide bonds. The third-order valence-electron chi connectivity index (χ3n) is 3.27. The lowest BCUT2D eigenvalue weighted by atomic mass is 10.2. The molecule has 20 heavy (non-hydrogen) atoms. The second-order valence-electron chi connectivity index (χ2n) is 5.11. The van der Waals surface area contributed by atoms with Gasteiger partial charge in [-0.1, -0.05) is 18.5 Å². The largest absolute Gasteiger partial charge is 0.397 e. The van der Waals surface area contributed by atoms with Crippen LogP contribution in [-0.4, -0.2) is 29.9 Å². The van der Waals surface area contributed by atoms with E-state index >= 15 is 0 Å². The Balaban J connectivity index is 2.38. The minimum absolute atomic E-state index is 0.00605. The summed E-state index contributed by atoms with van der Waals surface area (Å²) in [6.45, 7) is 8.41. The molecule has 0 aliphatic rings. The van der Waals surface area contributed by atoms with Crippen molar-refractivity contribution in [3.05, 3.63) is 23.2 Å². The molecule has 0 radical (unpaired) electrons. The molecule has 5 heteroatoms. The number of nitrogens with one attached hydrogen (secondary N) is 1. The molecule has 0 aliphatic heterocycles. The number of nitrogens with zero attached hydrogens (tertiary/aromatic N) is 1. The molecule has 0 unspecified atom stereocenters. The van der Waals surface area contributed by atoms with Gasteiger partial charge in [0.25, 0.3) is 0 Å². The Kier molecular flexibility index (Phi) is 6.82. The fourth-order valence-corrected chi connectivity index (χ4v) is 2.19. The van der Waals surface area contributed by atoms with Crippen LogP contribution in [-0.2, 0) is 4.79 Å². The number of hydrogen-bond acceptors (Lipinski definition) is 3. The number of carbonyl (C=O) groups excluding carboxylic acids is 1. The average molecular weight is 298 g/mol. The van der Waals surface area contributed by atoms with Crippen molar-refractivity contribution in [2.45, 2.75) is 39.7 Å². The van der Waals surface area contributed by atoms with Crippen LogP contribution in [0.4, 0.5) is 11.4 Å². The third kappa shape index (κ3) is 5.39. The van der Waals surface area contributed by atoms with Crippen LogP contribution in [0.15, 0.2) is 18.2 Å². The third-order valence-corrected chi connectivity index (χ3v) is 3.61. The van der Waals surface area contributed by atoms with Gasteiger partial charge in [0.2, 0.25) is 5.91 Å². The Morgan fingerprint density at radius 2 is 2.15 bits per heavy atom. The Morgan fingerprint density at radius 3 is 2.70 bits per heavy atom. The van der Waals surface area contributed by atoms with E-state index in [1.54, 1.807) is 18.2 Å². The summed E-state index contributed by atoms with van der Waals surface area (Å²) < 4.78 is 0. The van der Waals surface area contributed by atoms with Crippen LogP contribution < -0.4 is 11.1 Å². The summed E-state index contributed by atoms with van der Waals surface area (Å²) >= 11 is 5.84. The number of halogens is 1. The van der Waals surface area contributed by atoms with E-state index in [2.05, 4.69) is 31.0 Å². The van der Waals surface area contributed by atoms with E-state index in [4.69, 9.17) is 17.3 Å². The highest BCUT2D eigenvalue weighted by molar-refractivity contribution is 6.33. The normalized spacial score (nSPS) is 11.1. The number of anilines is 2. The number of nitrogens with two attached hydrogens (primary N) is 1. The van der Waals surface area contributed by atoms with Crippen molar-refractivity contribution < 1.29 is 4.79 Å². The summed E-state index contributed by atoms with van der Waals surface area (Å²) in [5, 5.41) is 3.33. The quantitative estimate of drug-likeness (QED) is 0.759. The van der Waals surface area contributed by atoms with Crippen LogP contribution in [0.25, 0.3) is 0 Å². The van der Waals surface area contributed by atoms with Crippen LogP contribution in [0.5, 0.6) is 0 Å². The number of rotatable bonds is 7. The molecule has 1 rings (SSSR count). The molecule has 0 bridgehead atoms. The van der Waals surface area contributed by atoms with Crippen LogP contribution in [0, 0.1) is 0 Å². The molecular formula is C15H24ClN3O. The Morgan fingerprint density at radius 1 is 1.45 bits per heavy atom. The van der Waals surface area contributed by atoms with Crippen LogP contribution in [0.3, 0.4) is 0 Å². The highest BCUT2D eigenvalue weighted by Crippen LogP contribution is 2.22. The minimum Gasteiger partial charge on any atom is -0.397 e. The van der Waals surface area contributed by atoms with E-state index in [-0.39, 0.29) is 5.91 Å². The highest BCUT2D eigenvalue weighted by atomic mass is 35.5. The molecule has 0 aliphatic carbocycles. The molecule has 0 heterocycles. The molecule has 0 atom stereocenters. The van der Waals surface area contributed by atoms with Crippen molar-refractivity contribution in [2.24, 2.45) is 0 Å². The van der Waals surface area contributed by atoms with E-state index in [1.807, 2.05) is 0 Å². The molecule has 112 valence electrons. The fourth-order valence-electron chi connectivity index (χ4n) is 2.07. The first-order valence-electron chi connectivity index (χ1n) is 7.03. The molecule has 1 aromatic carbocycles. The maximum Gasteiger partial charge on any atom is 0.224 e. The van der Waals surface area contributed by atoms with E-state index < -0.39 is 0 Å². The highest BCUT2D eigenvalue weighted by Gasteiger charge is 2.08. The van der Waals surface area contributed by atoms with Gasteiger partial charge in [-0.2, -0.15) is 0 Å². The molecule has 4 nitrogen and oxygen atoms in total. The molecule has 1 aromatic rings. The molecule has 3 N–H and O–H groups in total. The van der Waals surface area contributed by atoms with E-state index in [0.717, 1.165) is 19.5 Å². The molecule has 0 aromatic heterocycles. The van der Waals surface area contributed by atoms with E-state index in [1.165, 1.54) is 0 Å². The Labute approximate surface area is 126 Å². The zero-order valence-electron chi connectivity index (χ0n) is 12.4. The first-order chi connectivity index (χ1) is 9.43. The van der Waals surface area contributed by atoms with Crippen LogP contribution in [0.2, 0.25) is 5.02 Å². The Bertz CT molecular complexity index is 449. The van der Waals surface area contributed by atoms with Gasteiger partial charge in [-0.25, -0.2) is 0 Å². The lowest BCUT2D eigenvalue weighted by molar-refractivity contribution is -0.116. The molecule has 0 spiro atoms. The standard InChI is InChI=1S/C15H24ClN3O/c1-4-19(11(2)3)9-5-6-15(20)18-12-7-8-13(16)14(17)10-12/h7-8,10-11H,4-6,9,17H2,1-3H3,(H,18,20). The predicted octanol–water partition coefficient (Wildman–Crippen LogP) is 3.37. The van der Waals surface area contributed by atoms with Gasteiger partial charge in [0, 0.05) is 18.2 Å². The summed E-state index contributed by atoms with van der Waals surface area (Å²) in [6, 6.07) is 5.62. The van der Waals surface area contributed by atoms with Gasteiger partial charge < -0.3 is 16.0 Å². The summed E-state index contributed by atoms with van der Waals surface area (Å²) in [5.41, 5.74) is 6.86. The average Bonchev–Trinajstić information content (AvgIpc) is 2.38. The van der Waals surface area contributed by atoms with Gasteiger partial charge in [-0.15, -0.1) is 0 Å². The number of hydrogen-bond donors (Lipinski definition) is 2. The second kappa shape index (κ2) is 8.12. The Hall–Kier alpha value is -1.26. The number of nitrogen functional groups attached to an aromatic ring is 1. The first kappa shape index (κ1) is 16.8. The SMILES string of the molecule is CCN(CCCC(=O)Nc1ccc(Cl)c(N)c1)C(C)C. The van der Waals surface area contributed by atoms with Gasteiger partial charge in [-0.05, 0) is 51.6 Å². The molecule has 0 saturated heterocycles. The molecule has 0 fully saturated rings. The van der Waals surface area contributed by atoms with Crippen molar-refractivity contribution in [2.75, 3.05) is 24.1 Å².